The van der Waals surface area contributed by atoms with Crippen molar-refractivity contribution in [3.8, 4) is 6.07 Å². The van der Waals surface area contributed by atoms with Crippen molar-refractivity contribution >= 4 is 16.0 Å². The quantitative estimate of drug-likeness (QED) is 0.649. The van der Waals surface area contributed by atoms with Crippen LogP contribution in [0.1, 0.15) is 5.56 Å². The standard InChI is InChI=1S/C8H13N5O3S/c1-13-8(7(5-9)6-10-13)12-17(14,15)11-3-4-16-2/h6,11-12H,3-4H2,1-2H3. The molecule has 2 N–H and O–H groups in total. The summed E-state index contributed by atoms with van der Waals surface area (Å²) in [6.07, 6.45) is 1.28. The lowest BCUT2D eigenvalue weighted by molar-refractivity contribution is 0.204. The van der Waals surface area contributed by atoms with Gasteiger partial charge in [0.2, 0.25) is 0 Å². The summed E-state index contributed by atoms with van der Waals surface area (Å²) in [7, 11) is -0.719. The SMILES string of the molecule is COCCNS(=O)(=O)Nc1c(C#N)cnn1C. The Bertz CT molecular complexity index is 516. The molecular formula is C8H13N5O3S. The summed E-state index contributed by atoms with van der Waals surface area (Å²) in [6, 6.07) is 1.84. The van der Waals surface area contributed by atoms with Gasteiger partial charge >= 0.3 is 0 Å². The Balaban J connectivity index is 2.76. The van der Waals surface area contributed by atoms with Gasteiger partial charge in [-0.1, -0.05) is 0 Å². The van der Waals surface area contributed by atoms with E-state index in [1.54, 1.807) is 0 Å². The molecule has 0 atom stereocenters. The van der Waals surface area contributed by atoms with Crippen molar-refractivity contribution in [1.82, 2.24) is 14.5 Å². The zero-order chi connectivity index (χ0) is 12.9. The van der Waals surface area contributed by atoms with Crippen LogP contribution in [0.15, 0.2) is 6.20 Å². The van der Waals surface area contributed by atoms with Crippen LogP contribution in [0, 0.1) is 11.3 Å². The number of aryl methyl sites for hydroxylation is 1. The summed E-state index contributed by atoms with van der Waals surface area (Å²) in [5.41, 5.74) is 0.157. The number of aromatic nitrogens is 2. The van der Waals surface area contributed by atoms with Gasteiger partial charge in [-0.15, -0.1) is 0 Å². The summed E-state index contributed by atoms with van der Waals surface area (Å²) in [6.45, 7) is 0.406. The van der Waals surface area contributed by atoms with Crippen molar-refractivity contribution in [2.24, 2.45) is 7.05 Å². The van der Waals surface area contributed by atoms with Gasteiger partial charge in [0.1, 0.15) is 11.6 Å². The van der Waals surface area contributed by atoms with Gasteiger partial charge in [-0.3, -0.25) is 9.40 Å². The van der Waals surface area contributed by atoms with Crippen LogP contribution in [0.25, 0.3) is 0 Å². The van der Waals surface area contributed by atoms with Crippen LogP contribution >= 0.6 is 0 Å². The molecule has 9 heteroatoms. The highest BCUT2D eigenvalue weighted by atomic mass is 32.2. The molecule has 17 heavy (non-hydrogen) atoms. The minimum Gasteiger partial charge on any atom is -0.383 e. The Labute approximate surface area is 99.4 Å². The number of hydrogen-bond donors (Lipinski definition) is 2. The smallest absolute Gasteiger partial charge is 0.300 e. The second-order valence-corrected chi connectivity index (χ2v) is 4.63. The Morgan fingerprint density at radius 3 is 2.94 bits per heavy atom. The lowest BCUT2D eigenvalue weighted by Gasteiger charge is -2.09. The maximum atomic E-state index is 11.6. The van der Waals surface area contributed by atoms with E-state index in [1.807, 2.05) is 6.07 Å². The molecule has 1 heterocycles. The number of methoxy groups -OCH3 is 1. The van der Waals surface area contributed by atoms with Gasteiger partial charge in [-0.05, 0) is 0 Å². The number of rotatable bonds is 6. The van der Waals surface area contributed by atoms with E-state index in [2.05, 4.69) is 14.5 Å². The normalized spacial score (nSPS) is 11.1. The Morgan fingerprint density at radius 2 is 2.35 bits per heavy atom. The zero-order valence-corrected chi connectivity index (χ0v) is 10.3. The van der Waals surface area contributed by atoms with E-state index >= 15 is 0 Å². The monoisotopic (exact) mass is 259 g/mol. The molecular weight excluding hydrogens is 246 g/mol. The van der Waals surface area contributed by atoms with Gasteiger partial charge in [-0.25, -0.2) is 0 Å². The van der Waals surface area contributed by atoms with E-state index in [9.17, 15) is 8.42 Å². The van der Waals surface area contributed by atoms with Crippen molar-refractivity contribution in [2.45, 2.75) is 0 Å². The topological polar surface area (TPSA) is 109 Å². The number of anilines is 1. The molecule has 94 valence electrons. The van der Waals surface area contributed by atoms with E-state index in [0.717, 1.165) is 0 Å². The molecule has 0 aliphatic heterocycles. The zero-order valence-electron chi connectivity index (χ0n) is 9.47. The molecule has 1 rings (SSSR count). The average molecular weight is 259 g/mol. The maximum absolute atomic E-state index is 11.6. The van der Waals surface area contributed by atoms with Crippen molar-refractivity contribution in [2.75, 3.05) is 25.0 Å². The molecule has 0 fully saturated rings. The van der Waals surface area contributed by atoms with Gasteiger partial charge in [0.25, 0.3) is 10.2 Å². The van der Waals surface area contributed by atoms with Crippen molar-refractivity contribution < 1.29 is 13.2 Å². The van der Waals surface area contributed by atoms with Crippen LogP contribution < -0.4 is 9.44 Å². The van der Waals surface area contributed by atoms with E-state index in [0.29, 0.717) is 0 Å². The van der Waals surface area contributed by atoms with E-state index in [4.69, 9.17) is 10.00 Å². The largest absolute Gasteiger partial charge is 0.383 e. The Kier molecular flexibility index (Phi) is 4.45. The third-order valence-corrected chi connectivity index (χ3v) is 2.93. The van der Waals surface area contributed by atoms with Gasteiger partial charge in [-0.2, -0.15) is 23.5 Å². The molecule has 1 aromatic heterocycles. The molecule has 0 radical (unpaired) electrons. The first kappa shape index (κ1) is 13.4. The summed E-state index contributed by atoms with van der Waals surface area (Å²) in [5.74, 6) is 0.123. The van der Waals surface area contributed by atoms with Crippen LogP contribution in [0.2, 0.25) is 0 Å². The predicted octanol–water partition coefficient (Wildman–Crippen LogP) is -0.816. The van der Waals surface area contributed by atoms with E-state index in [-0.39, 0.29) is 24.5 Å². The molecule has 8 nitrogen and oxygen atoms in total. The number of ether oxygens (including phenoxy) is 1. The van der Waals surface area contributed by atoms with Crippen molar-refractivity contribution in [3.63, 3.8) is 0 Å². The van der Waals surface area contributed by atoms with Gasteiger partial charge in [0.15, 0.2) is 5.82 Å². The second-order valence-electron chi connectivity index (χ2n) is 3.13. The lowest BCUT2D eigenvalue weighted by atomic mass is 10.4. The van der Waals surface area contributed by atoms with Gasteiger partial charge < -0.3 is 4.74 Å². The van der Waals surface area contributed by atoms with Crippen LogP contribution in [-0.2, 0) is 22.0 Å². The summed E-state index contributed by atoms with van der Waals surface area (Å²) < 4.78 is 33.6. The predicted molar refractivity (Wildman–Crippen MR) is 60.3 cm³/mol. The Hall–Kier alpha value is -1.63. The van der Waals surface area contributed by atoms with E-state index < -0.39 is 10.2 Å². The lowest BCUT2D eigenvalue weighted by Crippen LogP contribution is -2.33. The molecule has 0 bridgehead atoms. The number of nitriles is 1. The molecule has 1 aromatic rings. The molecule has 0 aliphatic rings. The van der Waals surface area contributed by atoms with Crippen LogP contribution in [0.3, 0.4) is 0 Å². The molecule has 0 aromatic carbocycles. The molecule has 0 spiro atoms. The molecule has 0 saturated heterocycles. The van der Waals surface area contributed by atoms with Crippen LogP contribution in [0.5, 0.6) is 0 Å². The first-order valence-corrected chi connectivity index (χ1v) is 6.17. The highest BCUT2D eigenvalue weighted by Crippen LogP contribution is 2.13. The number of hydrogen-bond acceptors (Lipinski definition) is 5. The summed E-state index contributed by atoms with van der Waals surface area (Å²) >= 11 is 0. The number of nitrogens with one attached hydrogen (secondary N) is 2. The van der Waals surface area contributed by atoms with Crippen molar-refractivity contribution in [1.29, 1.82) is 5.26 Å². The Morgan fingerprint density at radius 1 is 1.65 bits per heavy atom. The fraction of sp³-hybridized carbons (Fsp3) is 0.500. The third kappa shape index (κ3) is 3.70. The van der Waals surface area contributed by atoms with Gasteiger partial charge in [0.05, 0.1) is 12.8 Å². The second kappa shape index (κ2) is 5.62. The molecule has 0 aliphatic carbocycles. The van der Waals surface area contributed by atoms with Crippen molar-refractivity contribution in [3.05, 3.63) is 11.8 Å². The third-order valence-electron chi connectivity index (χ3n) is 1.89. The van der Waals surface area contributed by atoms with E-state index in [1.165, 1.54) is 25.0 Å². The molecule has 0 amide bonds. The average Bonchev–Trinajstić information content (AvgIpc) is 2.60. The minimum atomic E-state index is -3.72. The maximum Gasteiger partial charge on any atom is 0.300 e. The van der Waals surface area contributed by atoms with Crippen LogP contribution in [0.4, 0.5) is 5.82 Å². The minimum absolute atomic E-state index is 0.123. The first-order chi connectivity index (χ1) is 8.00. The van der Waals surface area contributed by atoms with Crippen LogP contribution in [-0.4, -0.2) is 38.5 Å². The molecule has 0 saturated carbocycles. The highest BCUT2D eigenvalue weighted by Gasteiger charge is 2.15. The highest BCUT2D eigenvalue weighted by molar-refractivity contribution is 7.90. The summed E-state index contributed by atoms with van der Waals surface area (Å²) in [5, 5.41) is 12.5. The number of nitrogens with zero attached hydrogens (tertiary/aromatic N) is 3. The summed E-state index contributed by atoms with van der Waals surface area (Å²) in [4.78, 5) is 0. The molecule has 0 unspecified atom stereocenters. The fourth-order valence-corrected chi connectivity index (χ4v) is 2.00. The first-order valence-electron chi connectivity index (χ1n) is 4.68. The fourth-order valence-electron chi connectivity index (χ4n) is 1.08. The van der Waals surface area contributed by atoms with Gasteiger partial charge in [0, 0.05) is 20.7 Å².